The van der Waals surface area contributed by atoms with E-state index in [2.05, 4.69) is 4.99 Å². The number of likely N-dealkylation sites (tertiary alicyclic amines) is 1. The van der Waals surface area contributed by atoms with E-state index in [4.69, 9.17) is 4.74 Å². The molecule has 1 aliphatic heterocycles. The van der Waals surface area contributed by atoms with Crippen molar-refractivity contribution < 1.29 is 27.1 Å². The van der Waals surface area contributed by atoms with Crippen LogP contribution in [0.5, 0.6) is 0 Å². The van der Waals surface area contributed by atoms with Gasteiger partial charge in [-0.3, -0.25) is 9.59 Å². The number of sulfone groups is 1. The van der Waals surface area contributed by atoms with Crippen LogP contribution in [0.15, 0.2) is 23.2 Å². The number of amides is 2. The predicted octanol–water partition coefficient (Wildman–Crippen LogP) is 1.34. The summed E-state index contributed by atoms with van der Waals surface area (Å²) in [5.74, 6) is -3.30. The number of hydrogen-bond acceptors (Lipinski definition) is 6. The molecule has 0 N–H and O–H groups in total. The van der Waals surface area contributed by atoms with E-state index in [0.717, 1.165) is 24.2 Å². The molecule has 30 heavy (non-hydrogen) atoms. The quantitative estimate of drug-likeness (QED) is 0.557. The molecule has 0 spiro atoms. The largest absolute Gasteiger partial charge is 0.380 e. The zero-order valence-corrected chi connectivity index (χ0v) is 18.3. The lowest BCUT2D eigenvalue weighted by Crippen LogP contribution is -2.35. The molecule has 1 aromatic carbocycles. The second-order valence-corrected chi connectivity index (χ2v) is 10.0. The van der Waals surface area contributed by atoms with Crippen molar-refractivity contribution in [2.45, 2.75) is 26.3 Å². The third kappa shape index (κ3) is 5.73. The van der Waals surface area contributed by atoms with Gasteiger partial charge in [0, 0.05) is 26.2 Å². The van der Waals surface area contributed by atoms with Crippen LogP contribution in [0.2, 0.25) is 0 Å². The Morgan fingerprint density at radius 1 is 1.23 bits per heavy atom. The Bertz CT molecular complexity index is 1100. The van der Waals surface area contributed by atoms with Crippen molar-refractivity contribution in [3.63, 3.8) is 0 Å². The fourth-order valence-corrected chi connectivity index (χ4v) is 5.47. The Kier molecular flexibility index (Phi) is 7.37. The number of ether oxygens (including phenoxy) is 1. The van der Waals surface area contributed by atoms with Crippen LogP contribution in [-0.4, -0.2) is 67.5 Å². The highest BCUT2D eigenvalue weighted by Gasteiger charge is 2.26. The minimum Gasteiger partial charge on any atom is -0.380 e. The summed E-state index contributed by atoms with van der Waals surface area (Å²) in [7, 11) is -3.93. The van der Waals surface area contributed by atoms with Gasteiger partial charge in [0.25, 0.3) is 5.91 Å². The summed E-state index contributed by atoms with van der Waals surface area (Å²) in [5.41, 5.74) is 0.680. The zero-order chi connectivity index (χ0) is 21.7. The van der Waals surface area contributed by atoms with Gasteiger partial charge < -0.3 is 14.2 Å². The molecule has 11 heteroatoms. The normalized spacial score (nSPS) is 15.3. The number of benzene rings is 1. The molecule has 1 fully saturated rings. The first-order chi connectivity index (χ1) is 14.3. The van der Waals surface area contributed by atoms with Crippen LogP contribution in [0.25, 0.3) is 10.2 Å². The molecule has 0 bridgehead atoms. The van der Waals surface area contributed by atoms with E-state index in [1.807, 2.05) is 6.92 Å². The number of nitrogens with zero attached hydrogens (tertiary/aromatic N) is 3. The standard InChI is InChI=1S/C19H24FN3O5S2/c1-2-28-10-9-23-15-6-5-14(20)11-16(15)29-19(23)21-17(24)12-30(26,27)13-18(25)22-7-3-4-8-22/h5-6,11H,2-4,7-10,12-13H2,1H3. The summed E-state index contributed by atoms with van der Waals surface area (Å²) in [6.07, 6.45) is 1.71. The first-order valence-corrected chi connectivity index (χ1v) is 12.4. The number of rotatable bonds is 8. The topological polar surface area (TPSA) is 98.0 Å². The first-order valence-electron chi connectivity index (χ1n) is 9.71. The molecular weight excluding hydrogens is 433 g/mol. The molecule has 2 aromatic rings. The van der Waals surface area contributed by atoms with Gasteiger partial charge >= 0.3 is 0 Å². The van der Waals surface area contributed by atoms with E-state index in [9.17, 15) is 22.4 Å². The van der Waals surface area contributed by atoms with Gasteiger partial charge in [-0.25, -0.2) is 12.8 Å². The lowest BCUT2D eigenvalue weighted by molar-refractivity contribution is -0.127. The van der Waals surface area contributed by atoms with Crippen LogP contribution in [0.4, 0.5) is 4.39 Å². The number of fused-ring (bicyclic) bond motifs is 1. The predicted molar refractivity (Wildman–Crippen MR) is 111 cm³/mol. The van der Waals surface area contributed by atoms with Gasteiger partial charge in [0.2, 0.25) is 5.91 Å². The molecule has 0 unspecified atom stereocenters. The second-order valence-electron chi connectivity index (χ2n) is 6.97. The number of hydrogen-bond donors (Lipinski definition) is 0. The van der Waals surface area contributed by atoms with Crippen molar-refractivity contribution in [2.75, 3.05) is 37.8 Å². The van der Waals surface area contributed by atoms with E-state index in [1.165, 1.54) is 17.0 Å². The average molecular weight is 458 g/mol. The van der Waals surface area contributed by atoms with Crippen molar-refractivity contribution in [1.29, 1.82) is 0 Å². The molecule has 0 saturated carbocycles. The van der Waals surface area contributed by atoms with Crippen LogP contribution in [0, 0.1) is 5.82 Å². The van der Waals surface area contributed by atoms with Crippen LogP contribution in [0.1, 0.15) is 19.8 Å². The van der Waals surface area contributed by atoms with Crippen LogP contribution >= 0.6 is 11.3 Å². The van der Waals surface area contributed by atoms with Gasteiger partial charge in [0.15, 0.2) is 14.6 Å². The fraction of sp³-hybridized carbons (Fsp3) is 0.526. The number of thiazole rings is 1. The Labute approximate surface area is 177 Å². The van der Waals surface area contributed by atoms with E-state index >= 15 is 0 Å². The summed E-state index contributed by atoms with van der Waals surface area (Å²) in [5, 5.41) is 0. The third-order valence-electron chi connectivity index (χ3n) is 4.67. The second kappa shape index (κ2) is 9.80. The number of halogens is 1. The SMILES string of the molecule is CCOCCn1c(=NC(=O)CS(=O)(=O)CC(=O)N2CCCC2)sc2cc(F)ccc21. The monoisotopic (exact) mass is 457 g/mol. The van der Waals surface area contributed by atoms with E-state index < -0.39 is 39.0 Å². The van der Waals surface area contributed by atoms with E-state index in [-0.39, 0.29) is 4.80 Å². The number of aromatic nitrogens is 1. The maximum absolute atomic E-state index is 13.6. The summed E-state index contributed by atoms with van der Waals surface area (Å²) in [4.78, 5) is 30.2. The van der Waals surface area contributed by atoms with Gasteiger partial charge in [0.05, 0.1) is 16.8 Å². The molecule has 0 radical (unpaired) electrons. The molecule has 1 aliphatic rings. The van der Waals surface area contributed by atoms with Gasteiger partial charge in [-0.2, -0.15) is 4.99 Å². The number of carbonyl (C=O) groups excluding carboxylic acids is 2. The highest BCUT2D eigenvalue weighted by molar-refractivity contribution is 7.92. The van der Waals surface area contributed by atoms with E-state index in [1.54, 1.807) is 10.6 Å². The maximum Gasteiger partial charge on any atom is 0.263 e. The van der Waals surface area contributed by atoms with Crippen molar-refractivity contribution in [3.05, 3.63) is 28.8 Å². The molecule has 2 amide bonds. The lowest BCUT2D eigenvalue weighted by atomic mass is 10.3. The Hall–Kier alpha value is -2.11. The minimum absolute atomic E-state index is 0.265. The smallest absolute Gasteiger partial charge is 0.263 e. The maximum atomic E-state index is 13.6. The molecule has 164 valence electrons. The molecule has 2 heterocycles. The highest BCUT2D eigenvalue weighted by atomic mass is 32.2. The molecule has 8 nitrogen and oxygen atoms in total. The molecule has 3 rings (SSSR count). The van der Waals surface area contributed by atoms with Gasteiger partial charge in [-0.05, 0) is 38.0 Å². The Morgan fingerprint density at radius 2 is 1.97 bits per heavy atom. The van der Waals surface area contributed by atoms with Gasteiger partial charge in [0.1, 0.15) is 17.3 Å². The number of carbonyl (C=O) groups is 2. The summed E-state index contributed by atoms with van der Waals surface area (Å²) < 4.78 is 45.8. The van der Waals surface area contributed by atoms with Crippen molar-refractivity contribution >= 4 is 43.2 Å². The highest BCUT2D eigenvalue weighted by Crippen LogP contribution is 2.18. The van der Waals surface area contributed by atoms with Crippen LogP contribution in [-0.2, 0) is 30.7 Å². The first kappa shape index (κ1) is 22.6. The Balaban J connectivity index is 1.81. The lowest BCUT2D eigenvalue weighted by Gasteiger charge is -2.14. The molecule has 0 atom stereocenters. The Morgan fingerprint density at radius 3 is 2.67 bits per heavy atom. The van der Waals surface area contributed by atoms with Crippen LogP contribution in [0.3, 0.4) is 0 Å². The summed E-state index contributed by atoms with van der Waals surface area (Å²) >= 11 is 1.09. The fourth-order valence-electron chi connectivity index (χ4n) is 3.27. The zero-order valence-electron chi connectivity index (χ0n) is 16.7. The van der Waals surface area contributed by atoms with Crippen molar-refractivity contribution in [2.24, 2.45) is 4.99 Å². The minimum atomic E-state index is -3.93. The molecule has 1 saturated heterocycles. The summed E-state index contributed by atoms with van der Waals surface area (Å²) in [6.45, 7) is 4.21. The molecule has 0 aliphatic carbocycles. The average Bonchev–Trinajstić information content (AvgIpc) is 3.29. The van der Waals surface area contributed by atoms with Gasteiger partial charge in [-0.15, -0.1) is 0 Å². The molecular formula is C19H24FN3O5S2. The summed E-state index contributed by atoms with van der Waals surface area (Å²) in [6, 6.07) is 4.24. The van der Waals surface area contributed by atoms with Gasteiger partial charge in [-0.1, -0.05) is 11.3 Å². The van der Waals surface area contributed by atoms with Crippen molar-refractivity contribution in [3.8, 4) is 0 Å². The molecule has 1 aromatic heterocycles. The third-order valence-corrected chi connectivity index (χ3v) is 7.09. The van der Waals surface area contributed by atoms with Crippen molar-refractivity contribution in [1.82, 2.24) is 9.47 Å². The van der Waals surface area contributed by atoms with E-state index in [0.29, 0.717) is 43.1 Å². The van der Waals surface area contributed by atoms with Crippen LogP contribution < -0.4 is 4.80 Å².